The standard InChI is InChI=1S/C17H16BrClFN/c18-13-4-1-11(2-5-13)15-10-21-8-7-14(15)12-3-6-17(20)16(19)9-12/h1-6,9,14-15,21H,7-8,10H2. The predicted molar refractivity (Wildman–Crippen MR) is 88.5 cm³/mol. The average molecular weight is 369 g/mol. The zero-order valence-corrected chi connectivity index (χ0v) is 13.8. The zero-order valence-electron chi connectivity index (χ0n) is 11.5. The molecule has 0 aliphatic carbocycles. The predicted octanol–water partition coefficient (Wildman–Crippen LogP) is 5.10. The summed E-state index contributed by atoms with van der Waals surface area (Å²) in [7, 11) is 0. The van der Waals surface area contributed by atoms with Crippen LogP contribution in [0.5, 0.6) is 0 Å². The highest BCUT2D eigenvalue weighted by Crippen LogP contribution is 2.38. The molecule has 2 aromatic rings. The van der Waals surface area contributed by atoms with Gasteiger partial charge in [0.1, 0.15) is 5.82 Å². The van der Waals surface area contributed by atoms with E-state index in [0.29, 0.717) is 11.8 Å². The minimum atomic E-state index is -0.352. The molecule has 0 bridgehead atoms. The fraction of sp³-hybridized carbons (Fsp3) is 0.294. The van der Waals surface area contributed by atoms with Crippen LogP contribution >= 0.6 is 27.5 Å². The SMILES string of the molecule is Fc1ccc(C2CCNCC2c2ccc(Br)cc2)cc1Cl. The lowest BCUT2D eigenvalue weighted by Gasteiger charge is -2.33. The smallest absolute Gasteiger partial charge is 0.141 e. The van der Waals surface area contributed by atoms with Crippen molar-refractivity contribution in [3.8, 4) is 0 Å². The molecular formula is C17H16BrClFN. The van der Waals surface area contributed by atoms with Crippen molar-refractivity contribution in [2.75, 3.05) is 13.1 Å². The lowest BCUT2D eigenvalue weighted by Crippen LogP contribution is -2.34. The highest BCUT2D eigenvalue weighted by atomic mass is 79.9. The van der Waals surface area contributed by atoms with Crippen LogP contribution in [0, 0.1) is 5.82 Å². The fourth-order valence-electron chi connectivity index (χ4n) is 3.06. The van der Waals surface area contributed by atoms with Crippen molar-refractivity contribution in [1.82, 2.24) is 5.32 Å². The van der Waals surface area contributed by atoms with Gasteiger partial charge in [-0.15, -0.1) is 0 Å². The normalized spacial score (nSPS) is 22.2. The van der Waals surface area contributed by atoms with Crippen molar-refractivity contribution in [3.05, 3.63) is 68.9 Å². The number of rotatable bonds is 2. The monoisotopic (exact) mass is 367 g/mol. The number of hydrogen-bond donors (Lipinski definition) is 1. The molecule has 2 atom stereocenters. The maximum atomic E-state index is 13.4. The Kier molecular flexibility index (Phi) is 4.63. The topological polar surface area (TPSA) is 12.0 Å². The number of hydrogen-bond acceptors (Lipinski definition) is 1. The molecule has 3 rings (SSSR count). The van der Waals surface area contributed by atoms with Gasteiger partial charge in [0.15, 0.2) is 0 Å². The molecule has 4 heteroatoms. The Morgan fingerprint density at radius 2 is 1.76 bits per heavy atom. The van der Waals surface area contributed by atoms with E-state index in [0.717, 1.165) is 29.5 Å². The van der Waals surface area contributed by atoms with E-state index >= 15 is 0 Å². The van der Waals surface area contributed by atoms with Crippen LogP contribution in [0.25, 0.3) is 0 Å². The van der Waals surface area contributed by atoms with Crippen molar-refractivity contribution in [2.24, 2.45) is 0 Å². The van der Waals surface area contributed by atoms with E-state index in [2.05, 4.69) is 45.5 Å². The van der Waals surface area contributed by atoms with Crippen LogP contribution in [0.4, 0.5) is 4.39 Å². The van der Waals surface area contributed by atoms with Crippen LogP contribution in [0.2, 0.25) is 5.02 Å². The average Bonchev–Trinajstić information content (AvgIpc) is 2.51. The molecule has 1 saturated heterocycles. The summed E-state index contributed by atoms with van der Waals surface area (Å²) in [5, 5.41) is 3.66. The Hall–Kier alpha value is -0.900. The zero-order chi connectivity index (χ0) is 14.8. The molecule has 0 spiro atoms. The van der Waals surface area contributed by atoms with Gasteiger partial charge in [0.2, 0.25) is 0 Å². The Morgan fingerprint density at radius 3 is 2.48 bits per heavy atom. The summed E-state index contributed by atoms with van der Waals surface area (Å²) in [5.74, 6) is 0.397. The summed E-state index contributed by atoms with van der Waals surface area (Å²) >= 11 is 9.42. The van der Waals surface area contributed by atoms with Gasteiger partial charge >= 0.3 is 0 Å². The molecule has 0 radical (unpaired) electrons. The lowest BCUT2D eigenvalue weighted by atomic mass is 9.77. The van der Waals surface area contributed by atoms with E-state index in [-0.39, 0.29) is 10.8 Å². The summed E-state index contributed by atoms with van der Waals surface area (Å²) < 4.78 is 14.5. The minimum absolute atomic E-state index is 0.209. The molecule has 1 N–H and O–H groups in total. The number of piperidine rings is 1. The van der Waals surface area contributed by atoms with E-state index in [1.165, 1.54) is 11.6 Å². The Labute approximate surface area is 137 Å². The Morgan fingerprint density at radius 1 is 1.05 bits per heavy atom. The van der Waals surface area contributed by atoms with Gasteiger partial charge in [0, 0.05) is 16.9 Å². The first-order valence-corrected chi connectivity index (χ1v) is 8.23. The molecule has 2 aromatic carbocycles. The maximum Gasteiger partial charge on any atom is 0.141 e. The first-order valence-electron chi connectivity index (χ1n) is 7.06. The molecular weight excluding hydrogens is 353 g/mol. The lowest BCUT2D eigenvalue weighted by molar-refractivity contribution is 0.404. The van der Waals surface area contributed by atoms with E-state index < -0.39 is 0 Å². The first-order chi connectivity index (χ1) is 10.1. The number of nitrogens with one attached hydrogen (secondary N) is 1. The highest BCUT2D eigenvalue weighted by molar-refractivity contribution is 9.10. The van der Waals surface area contributed by atoms with Crippen molar-refractivity contribution < 1.29 is 4.39 Å². The summed E-state index contributed by atoms with van der Waals surface area (Å²) in [6.45, 7) is 1.91. The van der Waals surface area contributed by atoms with Crippen LogP contribution in [-0.2, 0) is 0 Å². The fourth-order valence-corrected chi connectivity index (χ4v) is 3.51. The minimum Gasteiger partial charge on any atom is -0.316 e. The Balaban J connectivity index is 1.94. The van der Waals surface area contributed by atoms with Crippen molar-refractivity contribution in [1.29, 1.82) is 0 Å². The van der Waals surface area contributed by atoms with E-state index in [1.54, 1.807) is 6.07 Å². The summed E-state index contributed by atoms with van der Waals surface area (Å²) in [4.78, 5) is 0. The summed E-state index contributed by atoms with van der Waals surface area (Å²) in [6, 6.07) is 13.6. The molecule has 1 aliphatic heterocycles. The number of halogens is 3. The third kappa shape index (κ3) is 3.31. The summed E-state index contributed by atoms with van der Waals surface area (Å²) in [5.41, 5.74) is 2.42. The van der Waals surface area contributed by atoms with Crippen molar-refractivity contribution >= 4 is 27.5 Å². The van der Waals surface area contributed by atoms with Gasteiger partial charge in [-0.05, 0) is 54.3 Å². The Bertz CT molecular complexity index is 629. The second kappa shape index (κ2) is 6.47. The van der Waals surface area contributed by atoms with Crippen molar-refractivity contribution in [2.45, 2.75) is 18.3 Å². The maximum absolute atomic E-state index is 13.4. The molecule has 1 fully saturated rings. The molecule has 0 amide bonds. The second-order valence-corrected chi connectivity index (χ2v) is 6.75. The van der Waals surface area contributed by atoms with Gasteiger partial charge in [-0.1, -0.05) is 45.7 Å². The second-order valence-electron chi connectivity index (χ2n) is 5.43. The third-order valence-electron chi connectivity index (χ3n) is 4.15. The van der Waals surface area contributed by atoms with E-state index in [4.69, 9.17) is 11.6 Å². The molecule has 1 nitrogen and oxygen atoms in total. The van der Waals surface area contributed by atoms with Crippen molar-refractivity contribution in [3.63, 3.8) is 0 Å². The van der Waals surface area contributed by atoms with Crippen LogP contribution < -0.4 is 5.32 Å². The molecule has 0 saturated carbocycles. The molecule has 0 aromatic heterocycles. The number of benzene rings is 2. The third-order valence-corrected chi connectivity index (χ3v) is 4.97. The van der Waals surface area contributed by atoms with Gasteiger partial charge < -0.3 is 5.32 Å². The molecule has 1 heterocycles. The quantitative estimate of drug-likeness (QED) is 0.777. The van der Waals surface area contributed by atoms with Crippen LogP contribution in [0.15, 0.2) is 46.9 Å². The van der Waals surface area contributed by atoms with Gasteiger partial charge in [0.05, 0.1) is 5.02 Å². The molecule has 110 valence electrons. The largest absolute Gasteiger partial charge is 0.316 e. The molecule has 2 unspecified atom stereocenters. The van der Waals surface area contributed by atoms with E-state index in [9.17, 15) is 4.39 Å². The van der Waals surface area contributed by atoms with Gasteiger partial charge in [0.25, 0.3) is 0 Å². The molecule has 1 aliphatic rings. The van der Waals surface area contributed by atoms with Gasteiger partial charge in [-0.25, -0.2) is 4.39 Å². The summed E-state index contributed by atoms with van der Waals surface area (Å²) in [6.07, 6.45) is 1.03. The van der Waals surface area contributed by atoms with Gasteiger partial charge in [-0.2, -0.15) is 0 Å². The molecule has 21 heavy (non-hydrogen) atoms. The first kappa shape index (κ1) is 15.0. The van der Waals surface area contributed by atoms with Crippen LogP contribution in [0.1, 0.15) is 29.4 Å². The van der Waals surface area contributed by atoms with E-state index in [1.807, 2.05) is 6.07 Å². The highest BCUT2D eigenvalue weighted by Gasteiger charge is 2.28. The van der Waals surface area contributed by atoms with Crippen LogP contribution in [-0.4, -0.2) is 13.1 Å². The van der Waals surface area contributed by atoms with Gasteiger partial charge in [-0.3, -0.25) is 0 Å². The van der Waals surface area contributed by atoms with Crippen LogP contribution in [0.3, 0.4) is 0 Å².